The van der Waals surface area contributed by atoms with Gasteiger partial charge in [0.25, 0.3) is 5.91 Å². The molecule has 1 unspecified atom stereocenters. The van der Waals surface area contributed by atoms with E-state index in [1.54, 1.807) is 13.2 Å². The zero-order chi connectivity index (χ0) is 19.8. The number of carbonyl (C=O) groups excluding carboxylic acids is 1. The van der Waals surface area contributed by atoms with Crippen LogP contribution in [0.5, 0.6) is 11.5 Å². The highest BCUT2D eigenvalue weighted by molar-refractivity contribution is 5.77. The van der Waals surface area contributed by atoms with Crippen LogP contribution in [0.3, 0.4) is 0 Å². The van der Waals surface area contributed by atoms with Crippen LogP contribution < -0.4 is 14.8 Å². The highest BCUT2D eigenvalue weighted by atomic mass is 16.5. The molecule has 1 fully saturated rings. The summed E-state index contributed by atoms with van der Waals surface area (Å²) < 4.78 is 13.0. The van der Waals surface area contributed by atoms with E-state index >= 15 is 0 Å². The van der Waals surface area contributed by atoms with Gasteiger partial charge >= 0.3 is 0 Å². The van der Waals surface area contributed by atoms with Gasteiger partial charge in [0.1, 0.15) is 5.82 Å². The predicted octanol–water partition coefficient (Wildman–Crippen LogP) is 2.32. The fourth-order valence-electron chi connectivity index (χ4n) is 3.63. The van der Waals surface area contributed by atoms with Crippen LogP contribution >= 0.6 is 0 Å². The van der Waals surface area contributed by atoms with Gasteiger partial charge in [-0.1, -0.05) is 12.1 Å². The molecular formula is C21H30N4O3. The quantitative estimate of drug-likeness (QED) is 0.716. The van der Waals surface area contributed by atoms with Gasteiger partial charge in [0.15, 0.2) is 18.1 Å². The average molecular weight is 386 g/mol. The van der Waals surface area contributed by atoms with Crippen LogP contribution in [0, 0.1) is 5.92 Å². The fourth-order valence-corrected chi connectivity index (χ4v) is 3.63. The minimum Gasteiger partial charge on any atom is -0.493 e. The number of rotatable bonds is 9. The Balaban J connectivity index is 1.42. The molecule has 1 aliphatic rings. The van der Waals surface area contributed by atoms with Gasteiger partial charge in [0.2, 0.25) is 0 Å². The predicted molar refractivity (Wildman–Crippen MR) is 107 cm³/mol. The minimum absolute atomic E-state index is 0.00918. The Morgan fingerprint density at radius 1 is 1.32 bits per heavy atom. The molecule has 7 heteroatoms. The lowest BCUT2D eigenvalue weighted by atomic mass is 9.98. The molecular weight excluding hydrogens is 356 g/mol. The average Bonchev–Trinajstić information content (AvgIpc) is 3.18. The number of aryl methyl sites for hydroxylation is 1. The summed E-state index contributed by atoms with van der Waals surface area (Å²) in [6.45, 7) is 6.66. The SMILES string of the molecule is CCn1ccnc1CN1CCCC(CNC(=O)COc2ccccc2OC)C1. The molecule has 0 aliphatic carbocycles. The van der Waals surface area contributed by atoms with Gasteiger partial charge in [-0.05, 0) is 44.4 Å². The molecule has 2 heterocycles. The number of ether oxygens (including phenoxy) is 2. The van der Waals surface area contributed by atoms with Crippen LogP contribution in [-0.2, 0) is 17.9 Å². The second-order valence-corrected chi connectivity index (χ2v) is 7.12. The molecule has 1 N–H and O–H groups in total. The number of carbonyl (C=O) groups is 1. The molecule has 1 saturated heterocycles. The third kappa shape index (κ3) is 5.48. The molecule has 0 radical (unpaired) electrons. The highest BCUT2D eigenvalue weighted by Gasteiger charge is 2.21. The van der Waals surface area contributed by atoms with Crippen molar-refractivity contribution < 1.29 is 14.3 Å². The maximum atomic E-state index is 12.2. The molecule has 28 heavy (non-hydrogen) atoms. The summed E-state index contributed by atoms with van der Waals surface area (Å²) >= 11 is 0. The van der Waals surface area contributed by atoms with Crippen LogP contribution in [-0.4, -0.2) is 53.7 Å². The smallest absolute Gasteiger partial charge is 0.257 e. The lowest BCUT2D eigenvalue weighted by molar-refractivity contribution is -0.123. The van der Waals surface area contributed by atoms with Gasteiger partial charge in [0.05, 0.1) is 13.7 Å². The zero-order valence-corrected chi connectivity index (χ0v) is 16.8. The molecule has 7 nitrogen and oxygen atoms in total. The molecule has 1 aliphatic heterocycles. The van der Waals surface area contributed by atoms with Gasteiger partial charge in [-0.15, -0.1) is 0 Å². The standard InChI is InChI=1S/C21H30N4O3/c1-3-25-12-10-22-20(25)15-24-11-6-7-17(14-24)13-23-21(26)16-28-19-9-5-4-8-18(19)27-2/h4-5,8-10,12,17H,3,6-7,11,13-16H2,1-2H3,(H,23,26). The van der Waals surface area contributed by atoms with Crippen LogP contribution in [0.25, 0.3) is 0 Å². The van der Waals surface area contributed by atoms with E-state index in [2.05, 4.69) is 26.7 Å². The number of para-hydroxylation sites is 2. The van der Waals surface area contributed by atoms with Gasteiger partial charge < -0.3 is 19.4 Å². The molecule has 0 spiro atoms. The largest absolute Gasteiger partial charge is 0.493 e. The number of amides is 1. The van der Waals surface area contributed by atoms with E-state index in [0.29, 0.717) is 24.0 Å². The number of hydrogen-bond donors (Lipinski definition) is 1. The van der Waals surface area contributed by atoms with Crippen molar-refractivity contribution in [3.63, 3.8) is 0 Å². The molecule has 1 aromatic carbocycles. The third-order valence-corrected chi connectivity index (χ3v) is 5.13. The van der Waals surface area contributed by atoms with Crippen molar-refractivity contribution in [1.82, 2.24) is 19.8 Å². The van der Waals surface area contributed by atoms with Gasteiger partial charge in [-0.25, -0.2) is 4.98 Å². The third-order valence-electron chi connectivity index (χ3n) is 5.13. The van der Waals surface area contributed by atoms with Crippen LogP contribution in [0.15, 0.2) is 36.7 Å². The number of aromatic nitrogens is 2. The summed E-state index contributed by atoms with van der Waals surface area (Å²) in [6.07, 6.45) is 6.17. The maximum absolute atomic E-state index is 12.2. The molecule has 2 aromatic rings. The Morgan fingerprint density at radius 2 is 2.14 bits per heavy atom. The molecule has 152 valence electrons. The summed E-state index contributed by atoms with van der Waals surface area (Å²) in [6, 6.07) is 7.34. The number of nitrogens with one attached hydrogen (secondary N) is 1. The number of likely N-dealkylation sites (tertiary alicyclic amines) is 1. The Labute approximate surface area is 166 Å². The van der Waals surface area contributed by atoms with Crippen LogP contribution in [0.1, 0.15) is 25.6 Å². The molecule has 0 bridgehead atoms. The Morgan fingerprint density at radius 3 is 2.93 bits per heavy atom. The van der Waals surface area contributed by atoms with Crippen molar-refractivity contribution in [2.75, 3.05) is 33.4 Å². The Hall–Kier alpha value is -2.54. The lowest BCUT2D eigenvalue weighted by Gasteiger charge is -2.32. The number of imidazole rings is 1. The van der Waals surface area contributed by atoms with Crippen LogP contribution in [0.2, 0.25) is 0 Å². The summed E-state index contributed by atoms with van der Waals surface area (Å²) in [4.78, 5) is 19.1. The minimum atomic E-state index is -0.107. The number of hydrogen-bond acceptors (Lipinski definition) is 5. The molecule has 1 aromatic heterocycles. The first-order valence-electron chi connectivity index (χ1n) is 9.94. The van der Waals surface area contributed by atoms with Crippen molar-refractivity contribution in [2.24, 2.45) is 5.92 Å². The summed E-state index contributed by atoms with van der Waals surface area (Å²) in [5.41, 5.74) is 0. The summed E-state index contributed by atoms with van der Waals surface area (Å²) in [5.74, 6) is 2.66. The fraction of sp³-hybridized carbons (Fsp3) is 0.524. The second kappa shape index (κ2) is 10.1. The van der Waals surface area contributed by atoms with Crippen molar-refractivity contribution in [1.29, 1.82) is 0 Å². The van der Waals surface area contributed by atoms with E-state index in [1.165, 1.54) is 0 Å². The van der Waals surface area contributed by atoms with Crippen molar-refractivity contribution in [3.8, 4) is 11.5 Å². The van der Waals surface area contributed by atoms with Crippen LogP contribution in [0.4, 0.5) is 0 Å². The van der Waals surface area contributed by atoms with E-state index in [0.717, 1.165) is 44.8 Å². The zero-order valence-electron chi connectivity index (χ0n) is 16.8. The molecule has 1 atom stereocenters. The van der Waals surface area contributed by atoms with E-state index in [1.807, 2.05) is 30.6 Å². The first-order valence-corrected chi connectivity index (χ1v) is 9.94. The van der Waals surface area contributed by atoms with E-state index in [-0.39, 0.29) is 12.5 Å². The van der Waals surface area contributed by atoms with Gasteiger partial charge in [-0.2, -0.15) is 0 Å². The van der Waals surface area contributed by atoms with Gasteiger partial charge in [-0.3, -0.25) is 9.69 Å². The van der Waals surface area contributed by atoms with Gasteiger partial charge in [0, 0.05) is 32.0 Å². The van der Waals surface area contributed by atoms with Crippen molar-refractivity contribution in [3.05, 3.63) is 42.5 Å². The normalized spacial score (nSPS) is 17.3. The summed E-state index contributed by atoms with van der Waals surface area (Å²) in [5, 5.41) is 3.01. The monoisotopic (exact) mass is 386 g/mol. The van der Waals surface area contributed by atoms with E-state index in [9.17, 15) is 4.79 Å². The summed E-state index contributed by atoms with van der Waals surface area (Å²) in [7, 11) is 1.59. The second-order valence-electron chi connectivity index (χ2n) is 7.12. The molecule has 3 rings (SSSR count). The van der Waals surface area contributed by atoms with Crippen molar-refractivity contribution >= 4 is 5.91 Å². The first-order chi connectivity index (χ1) is 13.7. The van der Waals surface area contributed by atoms with Crippen molar-refractivity contribution in [2.45, 2.75) is 32.9 Å². The maximum Gasteiger partial charge on any atom is 0.257 e. The number of methoxy groups -OCH3 is 1. The number of nitrogens with zero attached hydrogens (tertiary/aromatic N) is 3. The lowest BCUT2D eigenvalue weighted by Crippen LogP contribution is -2.41. The Bertz CT molecular complexity index is 762. The highest BCUT2D eigenvalue weighted by Crippen LogP contribution is 2.25. The number of piperidine rings is 1. The molecule has 1 amide bonds. The molecule has 0 saturated carbocycles. The Kier molecular flexibility index (Phi) is 7.31. The van der Waals surface area contributed by atoms with E-state index in [4.69, 9.17) is 9.47 Å². The number of benzene rings is 1. The van der Waals surface area contributed by atoms with E-state index < -0.39 is 0 Å². The topological polar surface area (TPSA) is 68.6 Å². The first kappa shape index (κ1) is 20.2.